The van der Waals surface area contributed by atoms with E-state index in [1.807, 2.05) is 0 Å². The second-order valence-corrected chi connectivity index (χ2v) is 2.55. The SMILES string of the molecule is COC(=O)COc1ccc(N=[N+]=[N-])cc1. The Kier molecular flexibility index (Phi) is 4.00. The molecule has 78 valence electrons. The van der Waals surface area contributed by atoms with Gasteiger partial charge in [-0.15, -0.1) is 0 Å². The van der Waals surface area contributed by atoms with Crippen molar-refractivity contribution in [3.8, 4) is 5.75 Å². The van der Waals surface area contributed by atoms with E-state index in [-0.39, 0.29) is 6.61 Å². The molecule has 15 heavy (non-hydrogen) atoms. The molecule has 0 N–H and O–H groups in total. The van der Waals surface area contributed by atoms with Crippen molar-refractivity contribution < 1.29 is 14.3 Å². The molecule has 6 nitrogen and oxygen atoms in total. The Morgan fingerprint density at radius 1 is 1.47 bits per heavy atom. The van der Waals surface area contributed by atoms with Gasteiger partial charge in [0.05, 0.1) is 7.11 Å². The first-order valence-electron chi connectivity index (χ1n) is 4.11. The highest BCUT2D eigenvalue weighted by atomic mass is 16.6. The molecular formula is C9H9N3O3. The average Bonchev–Trinajstić information content (AvgIpc) is 2.28. The van der Waals surface area contributed by atoms with Crippen molar-refractivity contribution in [1.82, 2.24) is 0 Å². The molecule has 0 saturated heterocycles. The van der Waals surface area contributed by atoms with Gasteiger partial charge in [0, 0.05) is 10.6 Å². The number of carbonyl (C=O) groups excluding carboxylic acids is 1. The first kappa shape index (κ1) is 10.9. The molecule has 0 atom stereocenters. The summed E-state index contributed by atoms with van der Waals surface area (Å²) in [6.45, 7) is -0.142. The summed E-state index contributed by atoms with van der Waals surface area (Å²) in [7, 11) is 1.29. The summed E-state index contributed by atoms with van der Waals surface area (Å²) in [4.78, 5) is 13.4. The molecule has 0 spiro atoms. The van der Waals surface area contributed by atoms with Crippen LogP contribution in [0.5, 0.6) is 5.75 Å². The van der Waals surface area contributed by atoms with Gasteiger partial charge >= 0.3 is 5.97 Å². The molecule has 1 rings (SSSR count). The number of nitrogens with zero attached hydrogens (tertiary/aromatic N) is 3. The summed E-state index contributed by atoms with van der Waals surface area (Å²) in [5.41, 5.74) is 8.65. The van der Waals surface area contributed by atoms with Gasteiger partial charge in [0.15, 0.2) is 6.61 Å². The Balaban J connectivity index is 2.56. The molecule has 0 fully saturated rings. The van der Waals surface area contributed by atoms with Crippen LogP contribution in [0.4, 0.5) is 5.69 Å². The lowest BCUT2D eigenvalue weighted by molar-refractivity contribution is -0.142. The molecule has 0 saturated carbocycles. The summed E-state index contributed by atoms with van der Waals surface area (Å²) in [5, 5.41) is 3.39. The summed E-state index contributed by atoms with van der Waals surface area (Å²) in [5.74, 6) is 0.0615. The maximum atomic E-state index is 10.7. The minimum absolute atomic E-state index is 0.142. The van der Waals surface area contributed by atoms with E-state index >= 15 is 0 Å². The molecule has 0 aliphatic carbocycles. The Bertz CT molecular complexity index is 382. The van der Waals surface area contributed by atoms with Crippen LogP contribution >= 0.6 is 0 Å². The van der Waals surface area contributed by atoms with Crippen molar-refractivity contribution in [2.24, 2.45) is 5.11 Å². The first-order valence-corrected chi connectivity index (χ1v) is 4.11. The van der Waals surface area contributed by atoms with Crippen LogP contribution in [-0.2, 0) is 9.53 Å². The molecule has 1 aromatic rings. The average molecular weight is 207 g/mol. The first-order chi connectivity index (χ1) is 7.26. The van der Waals surface area contributed by atoms with Gasteiger partial charge in [-0.2, -0.15) is 0 Å². The van der Waals surface area contributed by atoms with Crippen LogP contribution in [0.2, 0.25) is 0 Å². The van der Waals surface area contributed by atoms with Crippen molar-refractivity contribution in [3.63, 3.8) is 0 Å². The second-order valence-electron chi connectivity index (χ2n) is 2.55. The zero-order valence-electron chi connectivity index (χ0n) is 8.08. The fourth-order valence-electron chi connectivity index (χ4n) is 0.862. The van der Waals surface area contributed by atoms with Gasteiger partial charge in [0.2, 0.25) is 0 Å². The molecule has 0 amide bonds. The molecule has 6 heteroatoms. The van der Waals surface area contributed by atoms with Gasteiger partial charge in [0.25, 0.3) is 0 Å². The third kappa shape index (κ3) is 3.58. The van der Waals surface area contributed by atoms with E-state index in [9.17, 15) is 4.79 Å². The van der Waals surface area contributed by atoms with Crippen molar-refractivity contribution in [3.05, 3.63) is 34.7 Å². The number of benzene rings is 1. The van der Waals surface area contributed by atoms with Gasteiger partial charge in [-0.05, 0) is 29.8 Å². The van der Waals surface area contributed by atoms with Crippen LogP contribution < -0.4 is 4.74 Å². The van der Waals surface area contributed by atoms with Crippen LogP contribution in [0.1, 0.15) is 0 Å². The quantitative estimate of drug-likeness (QED) is 0.328. The smallest absolute Gasteiger partial charge is 0.343 e. The normalized spacial score (nSPS) is 8.87. The Morgan fingerprint density at radius 3 is 2.67 bits per heavy atom. The number of methoxy groups -OCH3 is 1. The number of ether oxygens (including phenoxy) is 2. The van der Waals surface area contributed by atoms with E-state index in [2.05, 4.69) is 14.8 Å². The molecule has 0 unspecified atom stereocenters. The topological polar surface area (TPSA) is 84.3 Å². The maximum absolute atomic E-state index is 10.7. The van der Waals surface area contributed by atoms with Gasteiger partial charge in [0.1, 0.15) is 5.75 Å². The number of hydrogen-bond acceptors (Lipinski definition) is 4. The third-order valence-corrected chi connectivity index (χ3v) is 1.58. The molecule has 0 radical (unpaired) electrons. The zero-order chi connectivity index (χ0) is 11.1. The van der Waals surface area contributed by atoms with Crippen LogP contribution in [0, 0.1) is 0 Å². The van der Waals surface area contributed by atoms with E-state index in [1.165, 1.54) is 7.11 Å². The molecule has 1 aromatic carbocycles. The van der Waals surface area contributed by atoms with Gasteiger partial charge in [-0.1, -0.05) is 5.11 Å². The predicted octanol–water partition coefficient (Wildman–Crippen LogP) is 2.18. The van der Waals surface area contributed by atoms with E-state index in [4.69, 9.17) is 10.3 Å². The summed E-state index contributed by atoms with van der Waals surface area (Å²) < 4.78 is 9.49. The minimum atomic E-state index is -0.450. The van der Waals surface area contributed by atoms with Gasteiger partial charge in [-0.3, -0.25) is 0 Å². The van der Waals surface area contributed by atoms with Crippen molar-refractivity contribution in [1.29, 1.82) is 0 Å². The number of hydrogen-bond donors (Lipinski definition) is 0. The predicted molar refractivity (Wildman–Crippen MR) is 52.8 cm³/mol. The number of esters is 1. The summed E-state index contributed by atoms with van der Waals surface area (Å²) in [6.07, 6.45) is 0. The van der Waals surface area contributed by atoms with Gasteiger partial charge < -0.3 is 9.47 Å². The molecule has 0 aliphatic rings. The number of carbonyl (C=O) groups is 1. The highest BCUT2D eigenvalue weighted by molar-refractivity contribution is 5.70. The zero-order valence-corrected chi connectivity index (χ0v) is 8.08. The summed E-state index contributed by atoms with van der Waals surface area (Å²) in [6, 6.07) is 6.39. The van der Waals surface area contributed by atoms with Crippen LogP contribution in [0.3, 0.4) is 0 Å². The fourth-order valence-corrected chi connectivity index (χ4v) is 0.862. The van der Waals surface area contributed by atoms with Crippen molar-refractivity contribution >= 4 is 11.7 Å². The maximum Gasteiger partial charge on any atom is 0.343 e. The highest BCUT2D eigenvalue weighted by Gasteiger charge is 2.00. The Morgan fingerprint density at radius 2 is 2.13 bits per heavy atom. The van der Waals surface area contributed by atoms with E-state index in [0.29, 0.717) is 11.4 Å². The monoisotopic (exact) mass is 207 g/mol. The standard InChI is InChI=1S/C9H9N3O3/c1-14-9(13)6-15-8-4-2-7(3-5-8)11-12-10/h2-5H,6H2,1H3. The number of azide groups is 1. The van der Waals surface area contributed by atoms with Crippen LogP contribution in [0.25, 0.3) is 10.4 Å². The lowest BCUT2D eigenvalue weighted by Gasteiger charge is -2.03. The minimum Gasteiger partial charge on any atom is -0.482 e. The Hall–Kier alpha value is -2.20. The van der Waals surface area contributed by atoms with Gasteiger partial charge in [-0.25, -0.2) is 4.79 Å². The Labute approximate surface area is 86.0 Å². The fraction of sp³-hybridized carbons (Fsp3) is 0.222. The largest absolute Gasteiger partial charge is 0.482 e. The molecule has 0 heterocycles. The van der Waals surface area contributed by atoms with E-state index < -0.39 is 5.97 Å². The van der Waals surface area contributed by atoms with Crippen molar-refractivity contribution in [2.75, 3.05) is 13.7 Å². The molecular weight excluding hydrogens is 198 g/mol. The summed E-state index contributed by atoms with van der Waals surface area (Å²) >= 11 is 0. The van der Waals surface area contributed by atoms with Crippen LogP contribution in [0.15, 0.2) is 29.4 Å². The van der Waals surface area contributed by atoms with Crippen LogP contribution in [-0.4, -0.2) is 19.7 Å². The van der Waals surface area contributed by atoms with E-state index in [0.717, 1.165) is 0 Å². The number of rotatable bonds is 4. The third-order valence-electron chi connectivity index (χ3n) is 1.58. The highest BCUT2D eigenvalue weighted by Crippen LogP contribution is 2.17. The lowest BCUT2D eigenvalue weighted by atomic mass is 10.3. The molecule has 0 aromatic heterocycles. The van der Waals surface area contributed by atoms with Crippen molar-refractivity contribution in [2.45, 2.75) is 0 Å². The van der Waals surface area contributed by atoms with E-state index in [1.54, 1.807) is 24.3 Å². The molecule has 0 aliphatic heterocycles. The molecule has 0 bridgehead atoms. The lowest BCUT2D eigenvalue weighted by Crippen LogP contribution is -2.12. The second kappa shape index (κ2) is 5.51.